The normalized spacial score (nSPS) is 12.1. The van der Waals surface area contributed by atoms with Gasteiger partial charge in [-0.3, -0.25) is 0 Å². The van der Waals surface area contributed by atoms with Gasteiger partial charge in [-0.25, -0.2) is 0 Å². The molecule has 1 aromatic carbocycles. The molecule has 1 nitrogen and oxygen atoms in total. The van der Waals surface area contributed by atoms with E-state index in [2.05, 4.69) is 11.7 Å². The average Bonchev–Trinajstić information content (AvgIpc) is 2.47. The molecule has 0 fully saturated rings. The third kappa shape index (κ3) is 2.25. The van der Waals surface area contributed by atoms with Gasteiger partial charge in [0.15, 0.2) is 0 Å². The van der Waals surface area contributed by atoms with E-state index in [9.17, 15) is 13.2 Å². The summed E-state index contributed by atoms with van der Waals surface area (Å²) in [6, 6.07) is 2.69. The monoisotopic (exact) mass is 265 g/mol. The minimum Gasteiger partial charge on any atom is -0.404 e. The Labute approximate surface area is 98.4 Å². The smallest absolute Gasteiger partial charge is 0.404 e. The van der Waals surface area contributed by atoms with Crippen LogP contribution in [0.25, 0.3) is 10.8 Å². The summed E-state index contributed by atoms with van der Waals surface area (Å²) in [6.45, 7) is 3.75. The number of alkyl halides is 3. The third-order valence-electron chi connectivity index (χ3n) is 1.96. The SMILES string of the molecule is [CH2]c1scc2cc(OC(F)(F)F)c(Cl)cc12. The zero-order chi connectivity index (χ0) is 11.9. The molecule has 0 aliphatic carbocycles. The second-order valence-electron chi connectivity index (χ2n) is 3.08. The number of benzene rings is 1. The van der Waals surface area contributed by atoms with Gasteiger partial charge >= 0.3 is 6.36 Å². The highest BCUT2D eigenvalue weighted by atomic mass is 35.5. The van der Waals surface area contributed by atoms with Crippen LogP contribution in [-0.4, -0.2) is 6.36 Å². The zero-order valence-electron chi connectivity index (χ0n) is 7.77. The number of rotatable bonds is 1. The summed E-state index contributed by atoms with van der Waals surface area (Å²) in [5.74, 6) is -0.389. The van der Waals surface area contributed by atoms with E-state index in [-0.39, 0.29) is 10.8 Å². The molecule has 0 amide bonds. The van der Waals surface area contributed by atoms with Gasteiger partial charge in [-0.05, 0) is 35.2 Å². The average molecular weight is 266 g/mol. The summed E-state index contributed by atoms with van der Waals surface area (Å²) >= 11 is 7.04. The van der Waals surface area contributed by atoms with Gasteiger partial charge in [0, 0.05) is 4.88 Å². The maximum Gasteiger partial charge on any atom is 0.573 e. The number of hydrogen-bond donors (Lipinski definition) is 0. The molecule has 2 aromatic rings. The Morgan fingerprint density at radius 3 is 2.62 bits per heavy atom. The Bertz CT molecular complexity index is 533. The van der Waals surface area contributed by atoms with Gasteiger partial charge in [-0.2, -0.15) is 0 Å². The zero-order valence-corrected chi connectivity index (χ0v) is 9.34. The lowest BCUT2D eigenvalue weighted by Crippen LogP contribution is -2.17. The van der Waals surface area contributed by atoms with E-state index in [1.54, 1.807) is 5.38 Å². The van der Waals surface area contributed by atoms with E-state index in [4.69, 9.17) is 11.6 Å². The summed E-state index contributed by atoms with van der Waals surface area (Å²) in [5.41, 5.74) is 0. The molecule has 0 N–H and O–H groups in total. The van der Waals surface area contributed by atoms with Crippen LogP contribution in [0.3, 0.4) is 0 Å². The predicted octanol–water partition coefficient (Wildman–Crippen LogP) is 4.64. The first-order valence-electron chi connectivity index (χ1n) is 4.15. The van der Waals surface area contributed by atoms with Crippen molar-refractivity contribution < 1.29 is 17.9 Å². The van der Waals surface area contributed by atoms with Crippen LogP contribution >= 0.6 is 22.9 Å². The highest BCUT2D eigenvalue weighted by Gasteiger charge is 2.32. The Balaban J connectivity index is 2.51. The molecular formula is C10H5ClF3OS. The largest absolute Gasteiger partial charge is 0.573 e. The van der Waals surface area contributed by atoms with Crippen molar-refractivity contribution in [3.8, 4) is 5.75 Å². The quantitative estimate of drug-likeness (QED) is 0.730. The molecule has 1 radical (unpaired) electrons. The van der Waals surface area contributed by atoms with E-state index in [1.165, 1.54) is 23.5 Å². The van der Waals surface area contributed by atoms with Crippen molar-refractivity contribution in [2.75, 3.05) is 0 Å². The minimum atomic E-state index is -4.74. The lowest BCUT2D eigenvalue weighted by molar-refractivity contribution is -0.274. The van der Waals surface area contributed by atoms with Gasteiger partial charge in [0.05, 0.1) is 5.02 Å². The summed E-state index contributed by atoms with van der Waals surface area (Å²) in [4.78, 5) is 0.760. The number of hydrogen-bond acceptors (Lipinski definition) is 2. The standard InChI is InChI=1S/C10H5ClF3OS/c1-5-7-3-8(11)9(15-10(12,13)14)2-6(7)4-16-5/h2-4H,1H2. The van der Waals surface area contributed by atoms with E-state index in [1.807, 2.05) is 0 Å². The van der Waals surface area contributed by atoms with Gasteiger partial charge < -0.3 is 4.74 Å². The fourth-order valence-corrected chi connectivity index (χ4v) is 2.28. The van der Waals surface area contributed by atoms with E-state index < -0.39 is 6.36 Å². The van der Waals surface area contributed by atoms with Crippen LogP contribution in [0.1, 0.15) is 4.88 Å². The van der Waals surface area contributed by atoms with Crippen molar-refractivity contribution in [3.63, 3.8) is 0 Å². The molecule has 16 heavy (non-hydrogen) atoms. The van der Waals surface area contributed by atoms with Gasteiger partial charge in [0.2, 0.25) is 0 Å². The van der Waals surface area contributed by atoms with E-state index >= 15 is 0 Å². The maximum absolute atomic E-state index is 12.0. The van der Waals surface area contributed by atoms with Gasteiger partial charge in [0.1, 0.15) is 5.75 Å². The molecule has 1 heterocycles. The van der Waals surface area contributed by atoms with Crippen molar-refractivity contribution in [1.82, 2.24) is 0 Å². The van der Waals surface area contributed by atoms with Crippen LogP contribution in [0.15, 0.2) is 17.5 Å². The van der Waals surface area contributed by atoms with Crippen molar-refractivity contribution >= 4 is 33.7 Å². The minimum absolute atomic E-state index is 0.0758. The summed E-state index contributed by atoms with van der Waals surface area (Å²) < 4.78 is 39.9. The second kappa shape index (κ2) is 3.82. The molecule has 85 valence electrons. The first kappa shape index (κ1) is 11.5. The van der Waals surface area contributed by atoms with Gasteiger partial charge in [0.25, 0.3) is 0 Å². The molecule has 0 aliphatic rings. The summed E-state index contributed by atoms with van der Waals surface area (Å²) in [6.07, 6.45) is -4.74. The molecule has 0 saturated heterocycles. The first-order valence-corrected chi connectivity index (χ1v) is 5.41. The van der Waals surface area contributed by atoms with Crippen LogP contribution in [0, 0.1) is 6.92 Å². The van der Waals surface area contributed by atoms with Crippen LogP contribution in [0.4, 0.5) is 13.2 Å². The van der Waals surface area contributed by atoms with Crippen molar-refractivity contribution in [2.24, 2.45) is 0 Å². The molecule has 1 aromatic heterocycles. The number of fused-ring (bicyclic) bond motifs is 1. The lowest BCUT2D eigenvalue weighted by Gasteiger charge is -2.10. The van der Waals surface area contributed by atoms with Crippen molar-refractivity contribution in [2.45, 2.75) is 6.36 Å². The molecule has 0 aliphatic heterocycles. The van der Waals surface area contributed by atoms with E-state index in [0.29, 0.717) is 5.39 Å². The highest BCUT2D eigenvalue weighted by molar-refractivity contribution is 7.11. The highest BCUT2D eigenvalue weighted by Crippen LogP contribution is 2.36. The van der Waals surface area contributed by atoms with Crippen LogP contribution < -0.4 is 4.74 Å². The summed E-state index contributed by atoms with van der Waals surface area (Å²) in [7, 11) is 0. The third-order valence-corrected chi connectivity index (χ3v) is 3.13. The van der Waals surface area contributed by atoms with Crippen LogP contribution in [0.2, 0.25) is 5.02 Å². The summed E-state index contributed by atoms with van der Waals surface area (Å²) in [5, 5.41) is 3.01. The molecule has 6 heteroatoms. The fraction of sp³-hybridized carbons (Fsp3) is 0.100. The first-order chi connectivity index (χ1) is 7.37. The Kier molecular flexibility index (Phi) is 2.75. The molecule has 0 saturated carbocycles. The van der Waals surface area contributed by atoms with Gasteiger partial charge in [-0.15, -0.1) is 24.5 Å². The lowest BCUT2D eigenvalue weighted by atomic mass is 10.2. The molecule has 0 unspecified atom stereocenters. The second-order valence-corrected chi connectivity index (χ2v) is 4.45. The topological polar surface area (TPSA) is 9.23 Å². The molecular weight excluding hydrogens is 261 g/mol. The van der Waals surface area contributed by atoms with E-state index in [0.717, 1.165) is 10.3 Å². The predicted molar refractivity (Wildman–Crippen MR) is 58.0 cm³/mol. The van der Waals surface area contributed by atoms with Gasteiger partial charge in [-0.1, -0.05) is 11.6 Å². The number of halogens is 4. The van der Waals surface area contributed by atoms with Crippen molar-refractivity contribution in [3.05, 3.63) is 34.3 Å². The Morgan fingerprint density at radius 1 is 1.31 bits per heavy atom. The van der Waals surface area contributed by atoms with Crippen LogP contribution in [0.5, 0.6) is 5.75 Å². The maximum atomic E-state index is 12.0. The molecule has 2 rings (SSSR count). The fourth-order valence-electron chi connectivity index (χ4n) is 1.31. The molecule has 0 spiro atoms. The Hall–Kier alpha value is -0.940. The van der Waals surface area contributed by atoms with Crippen molar-refractivity contribution in [1.29, 1.82) is 0 Å². The number of thiophene rings is 1. The number of ether oxygens (including phenoxy) is 1. The Morgan fingerprint density at radius 2 is 2.00 bits per heavy atom. The molecule has 0 bridgehead atoms. The van der Waals surface area contributed by atoms with Crippen LogP contribution in [-0.2, 0) is 0 Å². The molecule has 0 atom stereocenters.